The lowest BCUT2D eigenvalue weighted by atomic mass is 10.1. The lowest BCUT2D eigenvalue weighted by Crippen LogP contribution is -2.25. The number of aromatic nitrogens is 2. The van der Waals surface area contributed by atoms with Crippen molar-refractivity contribution in [3.05, 3.63) is 99.9 Å². The molecule has 0 radical (unpaired) electrons. The fourth-order valence-electron chi connectivity index (χ4n) is 3.50. The Morgan fingerprint density at radius 3 is 2.21 bits per heavy atom. The Kier molecular flexibility index (Phi) is 5.05. The molecule has 1 N–H and O–H groups in total. The van der Waals surface area contributed by atoms with E-state index in [1.54, 1.807) is 12.1 Å². The molecule has 0 aliphatic carbocycles. The maximum Gasteiger partial charge on any atom is 0.203 e. The van der Waals surface area contributed by atoms with E-state index in [-0.39, 0.29) is 5.02 Å². The van der Waals surface area contributed by atoms with Crippen molar-refractivity contribution in [2.75, 3.05) is 0 Å². The van der Waals surface area contributed by atoms with Gasteiger partial charge in [-0.3, -0.25) is 5.41 Å². The van der Waals surface area contributed by atoms with E-state index in [9.17, 15) is 4.39 Å². The Labute approximate surface area is 168 Å². The molecule has 3 aromatic carbocycles. The van der Waals surface area contributed by atoms with Crippen LogP contribution in [0, 0.1) is 18.2 Å². The summed E-state index contributed by atoms with van der Waals surface area (Å²) in [6.45, 7) is 3.21. The molecule has 0 fully saturated rings. The standard InChI is InChI=1S/C23H21ClFN3/c1-16-6-8-17(9-7-16)12-13-27-21-4-2-3-5-22(21)28(23(27)26)15-18-10-11-19(24)20(25)14-18/h2-11,14,26H,12-13,15H2,1H3. The summed E-state index contributed by atoms with van der Waals surface area (Å²) < 4.78 is 17.8. The summed E-state index contributed by atoms with van der Waals surface area (Å²) in [4.78, 5) is 0. The van der Waals surface area contributed by atoms with Crippen LogP contribution in [0.15, 0.2) is 66.7 Å². The third-order valence-electron chi connectivity index (χ3n) is 5.04. The molecule has 28 heavy (non-hydrogen) atoms. The average Bonchev–Trinajstić information content (AvgIpc) is 2.96. The van der Waals surface area contributed by atoms with Gasteiger partial charge in [0.05, 0.1) is 22.6 Å². The van der Waals surface area contributed by atoms with Crippen LogP contribution in [0.3, 0.4) is 0 Å². The van der Waals surface area contributed by atoms with Gasteiger partial charge in [-0.25, -0.2) is 4.39 Å². The summed E-state index contributed by atoms with van der Waals surface area (Å²) in [5, 5.41) is 8.84. The third kappa shape index (κ3) is 3.60. The molecule has 4 aromatic rings. The predicted molar refractivity (Wildman–Crippen MR) is 111 cm³/mol. The van der Waals surface area contributed by atoms with E-state index in [1.807, 2.05) is 33.4 Å². The zero-order valence-electron chi connectivity index (χ0n) is 15.6. The molecule has 0 saturated heterocycles. The van der Waals surface area contributed by atoms with Gasteiger partial charge in [-0.2, -0.15) is 0 Å². The summed E-state index contributed by atoms with van der Waals surface area (Å²) in [5.41, 5.74) is 5.64. The van der Waals surface area contributed by atoms with Crippen LogP contribution in [0.5, 0.6) is 0 Å². The maximum atomic E-state index is 13.8. The second-order valence-electron chi connectivity index (χ2n) is 7.03. The number of benzene rings is 3. The molecule has 0 unspecified atom stereocenters. The Bertz CT molecular complexity index is 1190. The molecule has 142 valence electrons. The molecular formula is C23H21ClFN3. The van der Waals surface area contributed by atoms with Gasteiger partial charge in [0.25, 0.3) is 0 Å². The fourth-order valence-corrected chi connectivity index (χ4v) is 3.61. The van der Waals surface area contributed by atoms with Crippen molar-refractivity contribution in [2.24, 2.45) is 0 Å². The number of nitrogens with one attached hydrogen (secondary N) is 1. The first-order valence-corrected chi connectivity index (χ1v) is 9.63. The smallest absolute Gasteiger partial charge is 0.203 e. The second-order valence-corrected chi connectivity index (χ2v) is 7.44. The number of hydrogen-bond donors (Lipinski definition) is 1. The molecule has 0 spiro atoms. The van der Waals surface area contributed by atoms with Crippen molar-refractivity contribution >= 4 is 22.6 Å². The number of halogens is 2. The van der Waals surface area contributed by atoms with E-state index in [0.29, 0.717) is 18.7 Å². The second kappa shape index (κ2) is 7.64. The molecule has 4 rings (SSSR count). The SMILES string of the molecule is Cc1ccc(CCn2c(=N)n(Cc3ccc(Cl)c(F)c3)c3ccccc32)cc1. The normalized spacial score (nSPS) is 11.2. The number of nitrogens with zero attached hydrogens (tertiary/aromatic N) is 2. The molecular weight excluding hydrogens is 373 g/mol. The van der Waals surface area contributed by atoms with Crippen molar-refractivity contribution in [3.63, 3.8) is 0 Å². The lowest BCUT2D eigenvalue weighted by molar-refractivity contribution is 0.610. The minimum absolute atomic E-state index is 0.111. The molecule has 5 heteroatoms. The average molecular weight is 394 g/mol. The molecule has 0 atom stereocenters. The van der Waals surface area contributed by atoms with Crippen molar-refractivity contribution < 1.29 is 4.39 Å². The molecule has 0 saturated carbocycles. The van der Waals surface area contributed by atoms with Crippen LogP contribution in [0.1, 0.15) is 16.7 Å². The molecule has 3 nitrogen and oxygen atoms in total. The molecule has 1 heterocycles. The number of para-hydroxylation sites is 2. The van der Waals surface area contributed by atoms with Gasteiger partial charge in [-0.05, 0) is 48.7 Å². The summed E-state index contributed by atoms with van der Waals surface area (Å²) in [5.74, 6) is -0.436. The molecule has 0 amide bonds. The highest BCUT2D eigenvalue weighted by Crippen LogP contribution is 2.19. The van der Waals surface area contributed by atoms with Crippen LogP contribution in [0.4, 0.5) is 4.39 Å². The number of aryl methyl sites for hydroxylation is 3. The summed E-state index contributed by atoms with van der Waals surface area (Å²) in [6.07, 6.45) is 0.848. The quantitative estimate of drug-likeness (QED) is 0.476. The van der Waals surface area contributed by atoms with Crippen molar-refractivity contribution in [1.29, 1.82) is 5.41 Å². The lowest BCUT2D eigenvalue weighted by Gasteiger charge is -2.07. The van der Waals surface area contributed by atoms with Crippen LogP contribution >= 0.6 is 11.6 Å². The van der Waals surface area contributed by atoms with Crippen molar-refractivity contribution in [2.45, 2.75) is 26.4 Å². The van der Waals surface area contributed by atoms with Gasteiger partial charge in [-0.15, -0.1) is 0 Å². The number of fused-ring (bicyclic) bond motifs is 1. The van der Waals surface area contributed by atoms with Crippen LogP contribution in [0.2, 0.25) is 5.02 Å². The van der Waals surface area contributed by atoms with Gasteiger partial charge in [0.15, 0.2) is 0 Å². The Balaban J connectivity index is 1.69. The molecule has 0 aliphatic rings. The first-order chi connectivity index (χ1) is 13.5. The van der Waals surface area contributed by atoms with E-state index in [2.05, 4.69) is 31.2 Å². The zero-order valence-corrected chi connectivity index (χ0v) is 16.4. The van der Waals surface area contributed by atoms with E-state index in [4.69, 9.17) is 17.0 Å². The van der Waals surface area contributed by atoms with E-state index >= 15 is 0 Å². The van der Waals surface area contributed by atoms with Crippen molar-refractivity contribution in [1.82, 2.24) is 9.13 Å². The first kappa shape index (κ1) is 18.5. The van der Waals surface area contributed by atoms with Gasteiger partial charge in [0.1, 0.15) is 5.82 Å². The number of hydrogen-bond acceptors (Lipinski definition) is 1. The molecule has 0 bridgehead atoms. The minimum Gasteiger partial charge on any atom is -0.310 e. The first-order valence-electron chi connectivity index (χ1n) is 9.25. The summed E-state index contributed by atoms with van der Waals surface area (Å²) in [7, 11) is 0. The fraction of sp³-hybridized carbons (Fsp3) is 0.174. The van der Waals surface area contributed by atoms with Crippen LogP contribution in [0.25, 0.3) is 11.0 Å². The van der Waals surface area contributed by atoms with Gasteiger partial charge >= 0.3 is 0 Å². The van der Waals surface area contributed by atoms with Crippen LogP contribution in [-0.4, -0.2) is 9.13 Å². The van der Waals surface area contributed by atoms with Gasteiger partial charge < -0.3 is 9.13 Å². The van der Waals surface area contributed by atoms with Gasteiger partial charge in [-0.1, -0.05) is 59.6 Å². The minimum atomic E-state index is -0.436. The number of rotatable bonds is 5. The predicted octanol–water partition coefficient (Wildman–Crippen LogP) is 5.31. The van der Waals surface area contributed by atoms with Gasteiger partial charge in [0.2, 0.25) is 5.62 Å². The van der Waals surface area contributed by atoms with Crippen LogP contribution < -0.4 is 5.62 Å². The van der Waals surface area contributed by atoms with Crippen molar-refractivity contribution in [3.8, 4) is 0 Å². The Morgan fingerprint density at radius 1 is 0.893 bits per heavy atom. The highest BCUT2D eigenvalue weighted by atomic mass is 35.5. The largest absolute Gasteiger partial charge is 0.310 e. The number of imidazole rings is 1. The van der Waals surface area contributed by atoms with Gasteiger partial charge in [0, 0.05) is 6.54 Å². The third-order valence-corrected chi connectivity index (χ3v) is 5.35. The zero-order chi connectivity index (χ0) is 19.7. The van der Waals surface area contributed by atoms with E-state index < -0.39 is 5.82 Å². The Morgan fingerprint density at radius 2 is 1.54 bits per heavy atom. The monoisotopic (exact) mass is 393 g/mol. The topological polar surface area (TPSA) is 33.7 Å². The van der Waals surface area contributed by atoms with E-state index in [1.165, 1.54) is 17.2 Å². The highest BCUT2D eigenvalue weighted by molar-refractivity contribution is 6.30. The van der Waals surface area contributed by atoms with E-state index in [0.717, 1.165) is 23.0 Å². The van der Waals surface area contributed by atoms with Crippen LogP contribution in [-0.2, 0) is 19.5 Å². The summed E-state index contributed by atoms with van der Waals surface area (Å²) in [6, 6.07) is 21.3. The molecule has 1 aromatic heterocycles. The maximum absolute atomic E-state index is 13.8. The summed E-state index contributed by atoms with van der Waals surface area (Å²) >= 11 is 5.80. The Hall–Kier alpha value is -2.85. The highest BCUT2D eigenvalue weighted by Gasteiger charge is 2.12. The molecule has 0 aliphatic heterocycles.